The molecule has 0 aliphatic carbocycles. The third kappa shape index (κ3) is 3.18. The largest absolute Gasteiger partial charge is 0.394 e. The molecule has 0 aliphatic heterocycles. The van der Waals surface area contributed by atoms with Gasteiger partial charge in [-0.15, -0.1) is 0 Å². The summed E-state index contributed by atoms with van der Waals surface area (Å²) in [6, 6.07) is 5.77. The van der Waals surface area contributed by atoms with Crippen LogP contribution in [0.2, 0.25) is 0 Å². The van der Waals surface area contributed by atoms with Gasteiger partial charge >= 0.3 is 0 Å². The van der Waals surface area contributed by atoms with Gasteiger partial charge in [0.2, 0.25) is 10.0 Å². The molecule has 0 fully saturated rings. The number of benzene rings is 1. The number of rotatable bonds is 6. The van der Waals surface area contributed by atoms with E-state index in [4.69, 9.17) is 20.5 Å². The number of aliphatic hydroxyl groups is 3. The third-order valence-corrected chi connectivity index (χ3v) is 3.47. The van der Waals surface area contributed by atoms with Crippen LogP contribution in [-0.2, 0) is 10.0 Å². The van der Waals surface area contributed by atoms with Gasteiger partial charge in [-0.2, -0.15) is 0 Å². The molecular weight excluding hydrogens is 260 g/mol. The van der Waals surface area contributed by atoms with E-state index in [1.54, 1.807) is 6.07 Å². The Balaban J connectivity index is 3.19. The van der Waals surface area contributed by atoms with Gasteiger partial charge in [0.05, 0.1) is 25.5 Å². The van der Waals surface area contributed by atoms with Crippen molar-refractivity contribution in [2.45, 2.75) is 10.4 Å². The van der Waals surface area contributed by atoms with E-state index in [-0.39, 0.29) is 10.6 Å². The monoisotopic (exact) mass is 276 g/mol. The molecule has 0 saturated heterocycles. The minimum absolute atomic E-state index is 0.108. The van der Waals surface area contributed by atoms with Crippen LogP contribution in [0.5, 0.6) is 0 Å². The molecule has 0 heterocycles. The number of para-hydroxylation sites is 1. The quantitative estimate of drug-likeness (QED) is 0.428. The average Bonchev–Trinajstić information content (AvgIpc) is 2.35. The topological polar surface area (TPSA) is 133 Å². The number of sulfonamides is 1. The fourth-order valence-corrected chi connectivity index (χ4v) is 2.07. The molecule has 0 saturated carbocycles. The second-order valence-corrected chi connectivity index (χ2v) is 5.45. The molecule has 6 N–H and O–H groups in total. The molecule has 0 amide bonds. The van der Waals surface area contributed by atoms with Crippen LogP contribution in [0.4, 0.5) is 5.69 Å². The number of hydrogen-bond donors (Lipinski definition) is 5. The van der Waals surface area contributed by atoms with E-state index in [1.165, 1.54) is 18.2 Å². The fraction of sp³-hybridized carbons (Fsp3) is 0.400. The zero-order valence-corrected chi connectivity index (χ0v) is 10.4. The SMILES string of the molecule is NS(=O)(=O)c1ccccc1NC(CO)(CO)CO. The Labute approximate surface area is 105 Å². The van der Waals surface area contributed by atoms with Gasteiger partial charge in [0.25, 0.3) is 0 Å². The average molecular weight is 276 g/mol. The third-order valence-electron chi connectivity index (χ3n) is 2.50. The van der Waals surface area contributed by atoms with Crippen LogP contribution in [0.3, 0.4) is 0 Å². The molecule has 18 heavy (non-hydrogen) atoms. The number of hydrogen-bond acceptors (Lipinski definition) is 6. The Morgan fingerprint density at radius 3 is 2.06 bits per heavy atom. The van der Waals surface area contributed by atoms with Crippen LogP contribution in [0.1, 0.15) is 0 Å². The molecule has 0 unspecified atom stereocenters. The van der Waals surface area contributed by atoms with Gasteiger partial charge in [0.1, 0.15) is 10.4 Å². The van der Waals surface area contributed by atoms with E-state index in [1.807, 2.05) is 0 Å². The van der Waals surface area contributed by atoms with Gasteiger partial charge in [-0.05, 0) is 12.1 Å². The summed E-state index contributed by atoms with van der Waals surface area (Å²) in [6.07, 6.45) is 0. The highest BCUT2D eigenvalue weighted by Gasteiger charge is 2.29. The molecule has 1 aromatic rings. The standard InChI is InChI=1S/C10H16N2O5S/c11-18(16,17)9-4-2-1-3-8(9)12-10(5-13,6-14)7-15/h1-4,12-15H,5-7H2,(H2,11,16,17). The van der Waals surface area contributed by atoms with Gasteiger partial charge < -0.3 is 20.6 Å². The summed E-state index contributed by atoms with van der Waals surface area (Å²) >= 11 is 0. The summed E-state index contributed by atoms with van der Waals surface area (Å²) in [5, 5.41) is 35.2. The van der Waals surface area contributed by atoms with Crippen LogP contribution in [0, 0.1) is 0 Å². The van der Waals surface area contributed by atoms with E-state index in [2.05, 4.69) is 5.32 Å². The normalized spacial score (nSPS) is 12.4. The van der Waals surface area contributed by atoms with Crippen molar-refractivity contribution in [2.24, 2.45) is 5.14 Å². The summed E-state index contributed by atoms with van der Waals surface area (Å²) in [5.74, 6) is 0. The van der Waals surface area contributed by atoms with Crippen molar-refractivity contribution in [1.82, 2.24) is 0 Å². The van der Waals surface area contributed by atoms with Crippen molar-refractivity contribution in [2.75, 3.05) is 25.1 Å². The lowest BCUT2D eigenvalue weighted by Gasteiger charge is -2.30. The maximum Gasteiger partial charge on any atom is 0.240 e. The number of aliphatic hydroxyl groups excluding tert-OH is 3. The highest BCUT2D eigenvalue weighted by Crippen LogP contribution is 2.23. The first-order valence-corrected chi connectivity index (χ1v) is 6.66. The van der Waals surface area contributed by atoms with Crippen molar-refractivity contribution in [3.05, 3.63) is 24.3 Å². The molecule has 0 aliphatic rings. The minimum Gasteiger partial charge on any atom is -0.394 e. The number of anilines is 1. The van der Waals surface area contributed by atoms with Crippen LogP contribution in [0.15, 0.2) is 29.2 Å². The number of nitrogens with two attached hydrogens (primary N) is 1. The molecule has 8 heteroatoms. The lowest BCUT2D eigenvalue weighted by atomic mass is 10.0. The predicted molar refractivity (Wildman–Crippen MR) is 65.4 cm³/mol. The second kappa shape index (κ2) is 5.63. The van der Waals surface area contributed by atoms with Crippen molar-refractivity contribution >= 4 is 15.7 Å². The Bertz CT molecular complexity index is 490. The van der Waals surface area contributed by atoms with E-state index < -0.39 is 35.4 Å². The molecule has 0 spiro atoms. The highest BCUT2D eigenvalue weighted by atomic mass is 32.2. The van der Waals surface area contributed by atoms with Crippen molar-refractivity contribution in [3.63, 3.8) is 0 Å². The van der Waals surface area contributed by atoms with Crippen molar-refractivity contribution < 1.29 is 23.7 Å². The summed E-state index contributed by atoms with van der Waals surface area (Å²) in [4.78, 5) is -0.176. The fourth-order valence-electron chi connectivity index (χ4n) is 1.37. The minimum atomic E-state index is -3.94. The van der Waals surface area contributed by atoms with E-state index in [9.17, 15) is 8.42 Å². The van der Waals surface area contributed by atoms with Crippen LogP contribution >= 0.6 is 0 Å². The number of nitrogens with one attached hydrogen (secondary N) is 1. The highest BCUT2D eigenvalue weighted by molar-refractivity contribution is 7.89. The zero-order chi connectivity index (χ0) is 13.8. The Hall–Kier alpha value is -1.19. The predicted octanol–water partition coefficient (Wildman–Crippen LogP) is -1.54. The van der Waals surface area contributed by atoms with Crippen molar-refractivity contribution in [1.29, 1.82) is 0 Å². The van der Waals surface area contributed by atoms with Gasteiger partial charge in [-0.1, -0.05) is 12.1 Å². The maximum atomic E-state index is 11.4. The van der Waals surface area contributed by atoms with E-state index >= 15 is 0 Å². The van der Waals surface area contributed by atoms with Gasteiger partial charge in [0, 0.05) is 0 Å². The first-order chi connectivity index (χ1) is 8.38. The molecule has 1 aromatic carbocycles. The molecular formula is C10H16N2O5S. The lowest BCUT2D eigenvalue weighted by molar-refractivity contribution is 0.0832. The molecule has 0 atom stereocenters. The second-order valence-electron chi connectivity index (χ2n) is 3.92. The van der Waals surface area contributed by atoms with Gasteiger partial charge in [-0.25, -0.2) is 13.6 Å². The molecule has 0 aromatic heterocycles. The molecule has 102 valence electrons. The molecule has 0 bridgehead atoms. The Kier molecular flexibility index (Phi) is 4.65. The molecule has 7 nitrogen and oxygen atoms in total. The maximum absolute atomic E-state index is 11.4. The first-order valence-electron chi connectivity index (χ1n) is 5.11. The first kappa shape index (κ1) is 14.9. The van der Waals surface area contributed by atoms with Crippen LogP contribution in [-0.4, -0.2) is 49.1 Å². The number of primary sulfonamides is 1. The summed E-state index contributed by atoms with van der Waals surface area (Å²) < 4.78 is 22.7. The van der Waals surface area contributed by atoms with E-state index in [0.717, 1.165) is 0 Å². The molecule has 1 rings (SSSR count). The molecule has 0 radical (unpaired) electrons. The Morgan fingerprint density at radius 2 is 1.61 bits per heavy atom. The van der Waals surface area contributed by atoms with Crippen LogP contribution < -0.4 is 10.5 Å². The zero-order valence-electron chi connectivity index (χ0n) is 9.57. The van der Waals surface area contributed by atoms with Gasteiger partial charge in [0.15, 0.2) is 0 Å². The van der Waals surface area contributed by atoms with Crippen LogP contribution in [0.25, 0.3) is 0 Å². The summed E-state index contributed by atoms with van der Waals surface area (Å²) in [6.45, 7) is -1.71. The summed E-state index contributed by atoms with van der Waals surface area (Å²) in [5.41, 5.74) is -1.31. The smallest absolute Gasteiger partial charge is 0.240 e. The van der Waals surface area contributed by atoms with Gasteiger partial charge in [-0.3, -0.25) is 0 Å². The summed E-state index contributed by atoms with van der Waals surface area (Å²) in [7, 11) is -3.94. The van der Waals surface area contributed by atoms with E-state index in [0.29, 0.717) is 0 Å². The lowest BCUT2D eigenvalue weighted by Crippen LogP contribution is -2.49. The van der Waals surface area contributed by atoms with Crippen molar-refractivity contribution in [3.8, 4) is 0 Å². The Morgan fingerprint density at radius 1 is 1.11 bits per heavy atom.